The van der Waals surface area contributed by atoms with Gasteiger partial charge in [-0.2, -0.15) is 0 Å². The van der Waals surface area contributed by atoms with Crippen LogP contribution in [0.5, 0.6) is 0 Å². The summed E-state index contributed by atoms with van der Waals surface area (Å²) in [6.45, 7) is 4.36. The van der Waals surface area contributed by atoms with Crippen LogP contribution in [-0.2, 0) is 6.42 Å². The van der Waals surface area contributed by atoms with Gasteiger partial charge in [-0.15, -0.1) is 0 Å². The van der Waals surface area contributed by atoms with Gasteiger partial charge in [0.2, 0.25) is 0 Å². The van der Waals surface area contributed by atoms with Crippen molar-refractivity contribution in [1.29, 1.82) is 0 Å². The van der Waals surface area contributed by atoms with Gasteiger partial charge < -0.3 is 5.32 Å². The summed E-state index contributed by atoms with van der Waals surface area (Å²) in [6, 6.07) is 5.85. The Morgan fingerprint density at radius 3 is 2.63 bits per heavy atom. The zero-order valence-electron chi connectivity index (χ0n) is 11.3. The van der Waals surface area contributed by atoms with Crippen molar-refractivity contribution in [3.63, 3.8) is 0 Å². The molecule has 2 rings (SSSR count). The van der Waals surface area contributed by atoms with Crippen molar-refractivity contribution < 1.29 is 0 Å². The summed E-state index contributed by atoms with van der Waals surface area (Å²) in [5, 5.41) is 3.07. The Morgan fingerprint density at radius 2 is 2.05 bits per heavy atom. The van der Waals surface area contributed by atoms with E-state index in [9.17, 15) is 0 Å². The predicted octanol–water partition coefficient (Wildman–Crippen LogP) is 3.54. The van der Waals surface area contributed by atoms with Gasteiger partial charge in [0.15, 0.2) is 5.82 Å². The summed E-state index contributed by atoms with van der Waals surface area (Å²) in [5.74, 6) is 2.05. The lowest BCUT2D eigenvalue weighted by atomic mass is 10.1. The molecule has 2 heterocycles. The lowest BCUT2D eigenvalue weighted by Gasteiger charge is -2.09. The number of pyridine rings is 1. The summed E-state index contributed by atoms with van der Waals surface area (Å²) in [4.78, 5) is 13.4. The van der Waals surface area contributed by atoms with E-state index in [2.05, 4.69) is 50.0 Å². The number of aromatic nitrogens is 3. The first-order valence-electron chi connectivity index (χ1n) is 6.26. The minimum absolute atomic E-state index is 0.560. The van der Waals surface area contributed by atoms with Crippen LogP contribution < -0.4 is 5.32 Å². The van der Waals surface area contributed by atoms with Crippen LogP contribution in [0.15, 0.2) is 28.9 Å². The minimum Gasteiger partial charge on any atom is -0.373 e. The van der Waals surface area contributed by atoms with Gasteiger partial charge in [-0.1, -0.05) is 13.8 Å². The molecule has 2 aromatic heterocycles. The highest BCUT2D eigenvalue weighted by molar-refractivity contribution is 9.10. The average molecular weight is 321 g/mol. The SMILES string of the molecule is CNc1cc(CC(C)C)nc(-c2ccc(Br)cn2)n1. The molecule has 100 valence electrons. The highest BCUT2D eigenvalue weighted by Crippen LogP contribution is 2.19. The second-order valence-corrected chi connectivity index (χ2v) is 5.69. The summed E-state index contributed by atoms with van der Waals surface area (Å²) >= 11 is 3.38. The monoisotopic (exact) mass is 320 g/mol. The molecule has 0 bridgehead atoms. The van der Waals surface area contributed by atoms with Crippen LogP contribution in [0.1, 0.15) is 19.5 Å². The van der Waals surface area contributed by atoms with E-state index in [0.717, 1.165) is 28.1 Å². The molecule has 4 nitrogen and oxygen atoms in total. The fourth-order valence-corrected chi connectivity index (χ4v) is 2.01. The van der Waals surface area contributed by atoms with Gasteiger partial charge >= 0.3 is 0 Å². The van der Waals surface area contributed by atoms with Gasteiger partial charge in [0.1, 0.15) is 11.5 Å². The number of rotatable bonds is 4. The van der Waals surface area contributed by atoms with Gasteiger partial charge in [0.05, 0.1) is 0 Å². The minimum atomic E-state index is 0.560. The summed E-state index contributed by atoms with van der Waals surface area (Å²) in [5.41, 5.74) is 1.82. The Balaban J connectivity index is 2.41. The van der Waals surface area contributed by atoms with Crippen molar-refractivity contribution in [2.45, 2.75) is 20.3 Å². The Morgan fingerprint density at radius 1 is 1.26 bits per heavy atom. The first kappa shape index (κ1) is 13.9. The van der Waals surface area contributed by atoms with E-state index in [0.29, 0.717) is 11.7 Å². The standard InChI is InChI=1S/C14H17BrN4/c1-9(2)6-11-7-13(16-3)19-14(18-11)12-5-4-10(15)8-17-12/h4-5,7-9H,6H2,1-3H3,(H,16,18,19). The van der Waals surface area contributed by atoms with E-state index in [4.69, 9.17) is 0 Å². The number of halogens is 1. The Labute approximate surface area is 121 Å². The lowest BCUT2D eigenvalue weighted by Crippen LogP contribution is -2.04. The molecule has 2 aromatic rings. The lowest BCUT2D eigenvalue weighted by molar-refractivity contribution is 0.635. The van der Waals surface area contributed by atoms with Crippen molar-refractivity contribution in [1.82, 2.24) is 15.0 Å². The van der Waals surface area contributed by atoms with Crippen LogP contribution in [0.3, 0.4) is 0 Å². The third-order valence-electron chi connectivity index (χ3n) is 2.61. The van der Waals surface area contributed by atoms with E-state index < -0.39 is 0 Å². The van der Waals surface area contributed by atoms with Gasteiger partial charge in [-0.25, -0.2) is 9.97 Å². The third kappa shape index (κ3) is 3.73. The highest BCUT2D eigenvalue weighted by Gasteiger charge is 2.08. The molecule has 0 aliphatic carbocycles. The van der Waals surface area contributed by atoms with Crippen LogP contribution in [-0.4, -0.2) is 22.0 Å². The summed E-state index contributed by atoms with van der Waals surface area (Å²) < 4.78 is 0.948. The van der Waals surface area contributed by atoms with E-state index in [1.165, 1.54) is 0 Å². The molecule has 0 fully saturated rings. The second kappa shape index (κ2) is 6.10. The van der Waals surface area contributed by atoms with Crippen molar-refractivity contribution in [2.75, 3.05) is 12.4 Å². The van der Waals surface area contributed by atoms with E-state index in [-0.39, 0.29) is 0 Å². The second-order valence-electron chi connectivity index (χ2n) is 4.78. The fourth-order valence-electron chi connectivity index (χ4n) is 1.77. The molecule has 0 aliphatic rings. The van der Waals surface area contributed by atoms with Crippen molar-refractivity contribution >= 4 is 21.7 Å². The molecular weight excluding hydrogens is 304 g/mol. The average Bonchev–Trinajstić information content (AvgIpc) is 2.38. The smallest absolute Gasteiger partial charge is 0.180 e. The molecule has 0 atom stereocenters. The summed E-state index contributed by atoms with van der Waals surface area (Å²) in [6.07, 6.45) is 2.69. The normalized spacial score (nSPS) is 10.8. The largest absolute Gasteiger partial charge is 0.373 e. The maximum Gasteiger partial charge on any atom is 0.180 e. The first-order chi connectivity index (χ1) is 9.08. The molecule has 0 spiro atoms. The number of hydrogen-bond donors (Lipinski definition) is 1. The highest BCUT2D eigenvalue weighted by atomic mass is 79.9. The molecule has 0 saturated heterocycles. The topological polar surface area (TPSA) is 50.7 Å². The van der Waals surface area contributed by atoms with Crippen molar-refractivity contribution in [2.24, 2.45) is 5.92 Å². The molecule has 0 amide bonds. The molecule has 0 aromatic carbocycles. The van der Waals surface area contributed by atoms with Crippen LogP contribution in [0.2, 0.25) is 0 Å². The Bertz CT molecular complexity index is 552. The number of anilines is 1. The van der Waals surface area contributed by atoms with Crippen LogP contribution in [0, 0.1) is 5.92 Å². The zero-order chi connectivity index (χ0) is 13.8. The number of nitrogens with one attached hydrogen (secondary N) is 1. The quantitative estimate of drug-likeness (QED) is 0.936. The van der Waals surface area contributed by atoms with Crippen LogP contribution in [0.4, 0.5) is 5.82 Å². The maximum atomic E-state index is 4.59. The fraction of sp³-hybridized carbons (Fsp3) is 0.357. The molecule has 0 aliphatic heterocycles. The Kier molecular flexibility index (Phi) is 4.47. The van der Waals surface area contributed by atoms with Crippen molar-refractivity contribution in [3.8, 4) is 11.5 Å². The molecule has 19 heavy (non-hydrogen) atoms. The maximum absolute atomic E-state index is 4.59. The first-order valence-corrected chi connectivity index (χ1v) is 7.05. The van der Waals surface area contributed by atoms with Crippen LogP contribution >= 0.6 is 15.9 Å². The number of nitrogens with zero attached hydrogens (tertiary/aromatic N) is 3. The summed E-state index contributed by atoms with van der Waals surface area (Å²) in [7, 11) is 1.86. The third-order valence-corrected chi connectivity index (χ3v) is 3.08. The molecule has 0 radical (unpaired) electrons. The van der Waals surface area contributed by atoms with Crippen LogP contribution in [0.25, 0.3) is 11.5 Å². The molecule has 1 N–H and O–H groups in total. The van der Waals surface area contributed by atoms with Gasteiger partial charge in [0.25, 0.3) is 0 Å². The van der Waals surface area contributed by atoms with Gasteiger partial charge in [-0.3, -0.25) is 4.98 Å². The molecule has 5 heteroatoms. The Hall–Kier alpha value is -1.49. The molecule has 0 saturated carbocycles. The number of hydrogen-bond acceptors (Lipinski definition) is 4. The zero-order valence-corrected chi connectivity index (χ0v) is 12.9. The van der Waals surface area contributed by atoms with Gasteiger partial charge in [0, 0.05) is 29.5 Å². The van der Waals surface area contributed by atoms with Gasteiger partial charge in [-0.05, 0) is 40.4 Å². The van der Waals surface area contributed by atoms with E-state index >= 15 is 0 Å². The van der Waals surface area contributed by atoms with E-state index in [1.807, 2.05) is 25.2 Å². The van der Waals surface area contributed by atoms with Crippen molar-refractivity contribution in [3.05, 3.63) is 34.6 Å². The molecular formula is C14H17BrN4. The van der Waals surface area contributed by atoms with E-state index in [1.54, 1.807) is 6.20 Å². The molecule has 0 unspecified atom stereocenters. The predicted molar refractivity (Wildman–Crippen MR) is 81.1 cm³/mol.